The van der Waals surface area contributed by atoms with Crippen LogP contribution in [0.2, 0.25) is 0 Å². The number of benzene rings is 2. The summed E-state index contributed by atoms with van der Waals surface area (Å²) in [6.07, 6.45) is 0.839. The highest BCUT2D eigenvalue weighted by Crippen LogP contribution is 2.27. The Balaban J connectivity index is 2.60. The van der Waals surface area contributed by atoms with Crippen molar-refractivity contribution in [3.8, 4) is 0 Å². The molecule has 6 nitrogen and oxygen atoms in total. The standard InChI is InChI=1S/C21H25NO5S/c1-5-16-6-8-17(9-7-16)22(13-14(2)3)28(26,27)18-10-11-19(15(4)23)20(12-18)21(24)25/h6-12,14H,5,13H2,1-4H3,(H,24,25). The zero-order valence-electron chi connectivity index (χ0n) is 16.5. The minimum absolute atomic E-state index is 0.0193. The highest BCUT2D eigenvalue weighted by molar-refractivity contribution is 7.92. The second-order valence-electron chi connectivity index (χ2n) is 7.02. The molecule has 2 rings (SSSR count). The maximum absolute atomic E-state index is 13.3. The maximum atomic E-state index is 13.3. The first kappa shape index (κ1) is 21.6. The second kappa shape index (κ2) is 8.56. The Morgan fingerprint density at radius 3 is 2.11 bits per heavy atom. The molecule has 0 bridgehead atoms. The van der Waals surface area contributed by atoms with Gasteiger partial charge in [0.2, 0.25) is 0 Å². The fourth-order valence-electron chi connectivity index (χ4n) is 2.87. The van der Waals surface area contributed by atoms with Crippen molar-refractivity contribution < 1.29 is 23.1 Å². The molecule has 0 heterocycles. The van der Waals surface area contributed by atoms with Gasteiger partial charge in [0, 0.05) is 12.1 Å². The van der Waals surface area contributed by atoms with Gasteiger partial charge in [0.15, 0.2) is 5.78 Å². The van der Waals surface area contributed by atoms with Crippen molar-refractivity contribution in [2.45, 2.75) is 39.0 Å². The number of carboxylic acid groups (broad SMARTS) is 1. The summed E-state index contributed by atoms with van der Waals surface area (Å²) in [6, 6.07) is 10.8. The topological polar surface area (TPSA) is 91.8 Å². The van der Waals surface area contributed by atoms with E-state index in [0.717, 1.165) is 18.1 Å². The predicted molar refractivity (Wildman–Crippen MR) is 109 cm³/mol. The van der Waals surface area contributed by atoms with Gasteiger partial charge in [-0.1, -0.05) is 32.9 Å². The number of Topliss-reactive ketones (excluding diaryl/α,β-unsaturated/α-hetero) is 1. The van der Waals surface area contributed by atoms with Crippen LogP contribution in [-0.2, 0) is 16.4 Å². The number of carbonyl (C=O) groups excluding carboxylic acids is 1. The monoisotopic (exact) mass is 403 g/mol. The van der Waals surface area contributed by atoms with Gasteiger partial charge < -0.3 is 5.11 Å². The van der Waals surface area contributed by atoms with Gasteiger partial charge in [0.05, 0.1) is 16.1 Å². The van der Waals surface area contributed by atoms with Crippen molar-refractivity contribution in [3.05, 3.63) is 59.2 Å². The molecule has 28 heavy (non-hydrogen) atoms. The number of nitrogens with zero attached hydrogens (tertiary/aromatic N) is 1. The van der Waals surface area contributed by atoms with Gasteiger partial charge in [-0.05, 0) is 55.2 Å². The molecule has 2 aromatic carbocycles. The third-order valence-electron chi connectivity index (χ3n) is 4.35. The summed E-state index contributed by atoms with van der Waals surface area (Å²) in [5, 5.41) is 9.40. The fraction of sp³-hybridized carbons (Fsp3) is 0.333. The Morgan fingerprint density at radius 2 is 1.64 bits per heavy atom. The van der Waals surface area contributed by atoms with Crippen LogP contribution >= 0.6 is 0 Å². The summed E-state index contributed by atoms with van der Waals surface area (Å²) in [7, 11) is -4.01. The molecular weight excluding hydrogens is 378 g/mol. The van der Waals surface area contributed by atoms with E-state index in [0.29, 0.717) is 5.69 Å². The molecule has 0 amide bonds. The number of hydrogen-bond donors (Lipinski definition) is 1. The number of sulfonamides is 1. The zero-order chi connectivity index (χ0) is 21.1. The Kier molecular flexibility index (Phi) is 6.61. The van der Waals surface area contributed by atoms with Gasteiger partial charge >= 0.3 is 5.97 Å². The number of hydrogen-bond acceptors (Lipinski definition) is 4. The second-order valence-corrected chi connectivity index (χ2v) is 8.88. The van der Waals surface area contributed by atoms with Crippen LogP contribution in [0.4, 0.5) is 5.69 Å². The Hall–Kier alpha value is -2.67. The molecule has 0 aromatic heterocycles. The summed E-state index contributed by atoms with van der Waals surface area (Å²) >= 11 is 0. The summed E-state index contributed by atoms with van der Waals surface area (Å²) in [5.74, 6) is -1.73. The van der Waals surface area contributed by atoms with Gasteiger partial charge in [-0.25, -0.2) is 13.2 Å². The molecule has 0 saturated heterocycles. The Labute approximate surface area is 165 Å². The highest BCUT2D eigenvalue weighted by atomic mass is 32.2. The number of rotatable bonds is 8. The van der Waals surface area contributed by atoms with Crippen molar-refractivity contribution in [3.63, 3.8) is 0 Å². The first-order valence-corrected chi connectivity index (χ1v) is 10.5. The molecule has 150 valence electrons. The largest absolute Gasteiger partial charge is 0.478 e. The van der Waals surface area contributed by atoms with E-state index in [1.807, 2.05) is 32.9 Å². The van der Waals surface area contributed by atoms with Crippen molar-refractivity contribution in [2.24, 2.45) is 5.92 Å². The third-order valence-corrected chi connectivity index (χ3v) is 6.14. The minimum atomic E-state index is -4.01. The van der Waals surface area contributed by atoms with Gasteiger partial charge in [-0.2, -0.15) is 0 Å². The van der Waals surface area contributed by atoms with Crippen LogP contribution in [0.3, 0.4) is 0 Å². The quantitative estimate of drug-likeness (QED) is 0.673. The molecule has 0 spiro atoms. The summed E-state index contributed by atoms with van der Waals surface area (Å²) in [6.45, 7) is 7.32. The highest BCUT2D eigenvalue weighted by Gasteiger charge is 2.28. The van der Waals surface area contributed by atoms with E-state index in [1.54, 1.807) is 12.1 Å². The molecule has 2 aromatic rings. The van der Waals surface area contributed by atoms with Crippen LogP contribution in [0.15, 0.2) is 47.4 Å². The van der Waals surface area contributed by atoms with Crippen molar-refractivity contribution >= 4 is 27.5 Å². The Morgan fingerprint density at radius 1 is 1.04 bits per heavy atom. The summed E-state index contributed by atoms with van der Waals surface area (Å²) in [5.41, 5.74) is 1.26. The lowest BCUT2D eigenvalue weighted by molar-refractivity contribution is 0.0692. The van der Waals surface area contributed by atoms with Crippen molar-refractivity contribution in [1.29, 1.82) is 0 Å². The summed E-state index contributed by atoms with van der Waals surface area (Å²) in [4.78, 5) is 23.0. The van der Waals surface area contributed by atoms with Gasteiger partial charge in [-0.3, -0.25) is 9.10 Å². The molecule has 0 aliphatic carbocycles. The van der Waals surface area contributed by atoms with Gasteiger partial charge in [-0.15, -0.1) is 0 Å². The SMILES string of the molecule is CCc1ccc(N(CC(C)C)S(=O)(=O)c2ccc(C(C)=O)c(C(=O)O)c2)cc1. The van der Waals surface area contributed by atoms with E-state index >= 15 is 0 Å². The molecule has 0 unspecified atom stereocenters. The number of aryl methyl sites for hydroxylation is 1. The number of carbonyl (C=O) groups is 2. The van der Waals surface area contributed by atoms with Crippen LogP contribution in [0.1, 0.15) is 54.0 Å². The van der Waals surface area contributed by atoms with Crippen molar-refractivity contribution in [2.75, 3.05) is 10.8 Å². The zero-order valence-corrected chi connectivity index (χ0v) is 17.3. The van der Waals surface area contributed by atoms with Gasteiger partial charge in [0.25, 0.3) is 10.0 Å². The van der Waals surface area contributed by atoms with E-state index in [4.69, 9.17) is 0 Å². The first-order chi connectivity index (χ1) is 13.1. The molecular formula is C21H25NO5S. The van der Waals surface area contributed by atoms with Crippen LogP contribution < -0.4 is 4.31 Å². The van der Waals surface area contributed by atoms with E-state index in [-0.39, 0.29) is 28.5 Å². The normalized spacial score (nSPS) is 11.5. The predicted octanol–water partition coefficient (Wildman–Crippen LogP) is 4.00. The Bertz CT molecular complexity index is 978. The lowest BCUT2D eigenvalue weighted by Gasteiger charge is -2.26. The first-order valence-electron chi connectivity index (χ1n) is 9.07. The lowest BCUT2D eigenvalue weighted by Crippen LogP contribution is -2.34. The fourth-order valence-corrected chi connectivity index (χ4v) is 4.52. The average Bonchev–Trinajstić information content (AvgIpc) is 2.65. The molecule has 1 N–H and O–H groups in total. The molecule has 0 aliphatic heterocycles. The van der Waals surface area contributed by atoms with E-state index in [9.17, 15) is 23.1 Å². The average molecular weight is 404 g/mol. The summed E-state index contributed by atoms with van der Waals surface area (Å²) < 4.78 is 27.9. The molecule has 0 aliphatic rings. The number of carboxylic acids is 1. The van der Waals surface area contributed by atoms with Crippen LogP contribution in [-0.4, -0.2) is 31.8 Å². The maximum Gasteiger partial charge on any atom is 0.336 e. The number of ketones is 1. The van der Waals surface area contributed by atoms with E-state index in [2.05, 4.69) is 0 Å². The van der Waals surface area contributed by atoms with Crippen LogP contribution in [0, 0.1) is 5.92 Å². The molecule has 0 atom stereocenters. The van der Waals surface area contributed by atoms with Crippen LogP contribution in [0.25, 0.3) is 0 Å². The molecule has 0 radical (unpaired) electrons. The third kappa shape index (κ3) is 4.59. The molecule has 7 heteroatoms. The van der Waals surface area contributed by atoms with Crippen LogP contribution in [0.5, 0.6) is 0 Å². The van der Waals surface area contributed by atoms with E-state index < -0.39 is 21.8 Å². The smallest absolute Gasteiger partial charge is 0.336 e. The van der Waals surface area contributed by atoms with Crippen molar-refractivity contribution in [1.82, 2.24) is 0 Å². The molecule has 0 saturated carbocycles. The number of anilines is 1. The molecule has 0 fully saturated rings. The lowest BCUT2D eigenvalue weighted by atomic mass is 10.0. The van der Waals surface area contributed by atoms with Gasteiger partial charge in [0.1, 0.15) is 0 Å². The number of aromatic carboxylic acids is 1. The van der Waals surface area contributed by atoms with E-state index in [1.165, 1.54) is 23.4 Å². The minimum Gasteiger partial charge on any atom is -0.478 e.